The second-order valence-electron chi connectivity index (χ2n) is 4.15. The molecule has 0 aromatic heterocycles. The smallest absolute Gasteiger partial charge is 0.161 e. The van der Waals surface area contributed by atoms with Gasteiger partial charge in [0, 0.05) is 17.9 Å². The van der Waals surface area contributed by atoms with Crippen LogP contribution in [-0.2, 0) is 6.54 Å². The maximum absolute atomic E-state index is 5.30. The molecule has 1 aromatic carbocycles. The molecular weight excluding hydrogens is 294 g/mol. The molecule has 1 rings (SSSR count). The lowest BCUT2D eigenvalue weighted by Crippen LogP contribution is -2.28. The second kappa shape index (κ2) is 8.38. The first-order valence-electron chi connectivity index (χ1n) is 6.25. The first-order chi connectivity index (χ1) is 8.74. The van der Waals surface area contributed by atoms with Crippen molar-refractivity contribution in [2.45, 2.75) is 32.4 Å². The minimum atomic E-state index is 0.553. The van der Waals surface area contributed by atoms with Crippen molar-refractivity contribution >= 4 is 15.9 Å². The summed E-state index contributed by atoms with van der Waals surface area (Å²) in [5.41, 5.74) is 1.21. The fraction of sp³-hybridized carbons (Fsp3) is 0.571. The molecule has 18 heavy (non-hydrogen) atoms. The highest BCUT2D eigenvalue weighted by Gasteiger charge is 2.07. The largest absolute Gasteiger partial charge is 0.493 e. The third kappa shape index (κ3) is 4.50. The summed E-state index contributed by atoms with van der Waals surface area (Å²) in [5.74, 6) is 1.55. The Labute approximate surface area is 118 Å². The van der Waals surface area contributed by atoms with Gasteiger partial charge in [-0.3, -0.25) is 0 Å². The minimum Gasteiger partial charge on any atom is -0.493 e. The number of benzene rings is 1. The van der Waals surface area contributed by atoms with Crippen LogP contribution in [0.2, 0.25) is 0 Å². The van der Waals surface area contributed by atoms with Gasteiger partial charge in [-0.25, -0.2) is 0 Å². The number of alkyl halides is 1. The van der Waals surface area contributed by atoms with Gasteiger partial charge in [-0.1, -0.05) is 28.9 Å². The Morgan fingerprint density at radius 3 is 2.50 bits per heavy atom. The van der Waals surface area contributed by atoms with E-state index in [1.807, 2.05) is 12.1 Å². The topological polar surface area (TPSA) is 30.5 Å². The van der Waals surface area contributed by atoms with Gasteiger partial charge in [0.25, 0.3) is 0 Å². The van der Waals surface area contributed by atoms with Crippen LogP contribution in [0.1, 0.15) is 25.3 Å². The van der Waals surface area contributed by atoms with Crippen molar-refractivity contribution in [3.63, 3.8) is 0 Å². The van der Waals surface area contributed by atoms with Crippen molar-refractivity contribution in [2.75, 3.05) is 19.5 Å². The molecule has 1 aromatic rings. The maximum atomic E-state index is 5.30. The molecule has 0 amide bonds. The molecule has 0 spiro atoms. The summed E-state index contributed by atoms with van der Waals surface area (Å²) >= 11 is 3.48. The van der Waals surface area contributed by atoms with Gasteiger partial charge < -0.3 is 14.8 Å². The highest BCUT2D eigenvalue weighted by Crippen LogP contribution is 2.27. The van der Waals surface area contributed by atoms with Gasteiger partial charge in [0.15, 0.2) is 11.5 Å². The number of ether oxygens (including phenoxy) is 2. The number of hydrogen-bond donors (Lipinski definition) is 1. The van der Waals surface area contributed by atoms with Crippen LogP contribution in [0.5, 0.6) is 11.5 Å². The molecule has 0 bridgehead atoms. The summed E-state index contributed by atoms with van der Waals surface area (Å²) in [6, 6.07) is 6.58. The van der Waals surface area contributed by atoms with Crippen molar-refractivity contribution in [1.29, 1.82) is 0 Å². The Bertz CT molecular complexity index is 358. The monoisotopic (exact) mass is 315 g/mol. The summed E-state index contributed by atoms with van der Waals surface area (Å²) < 4.78 is 10.5. The second-order valence-corrected chi connectivity index (χ2v) is 4.95. The molecule has 0 fully saturated rings. The molecule has 0 radical (unpaired) electrons. The SMILES string of the molecule is CCC(CCBr)NCc1ccc(OC)c(OC)c1. The molecule has 3 nitrogen and oxygen atoms in total. The van der Waals surface area contributed by atoms with E-state index in [0.29, 0.717) is 6.04 Å². The third-order valence-electron chi connectivity index (χ3n) is 2.99. The van der Waals surface area contributed by atoms with Gasteiger partial charge in [0.05, 0.1) is 14.2 Å². The zero-order valence-corrected chi connectivity index (χ0v) is 12.9. The quantitative estimate of drug-likeness (QED) is 0.746. The van der Waals surface area contributed by atoms with Gasteiger partial charge >= 0.3 is 0 Å². The van der Waals surface area contributed by atoms with Crippen molar-refractivity contribution in [1.82, 2.24) is 5.32 Å². The Morgan fingerprint density at radius 2 is 1.94 bits per heavy atom. The fourth-order valence-corrected chi connectivity index (χ4v) is 2.39. The van der Waals surface area contributed by atoms with E-state index in [1.54, 1.807) is 14.2 Å². The molecule has 0 aliphatic rings. The molecule has 4 heteroatoms. The molecular formula is C14H22BrNO2. The number of hydrogen-bond acceptors (Lipinski definition) is 3. The summed E-state index contributed by atoms with van der Waals surface area (Å²) in [4.78, 5) is 0. The summed E-state index contributed by atoms with van der Waals surface area (Å²) in [5, 5.41) is 4.58. The Hall–Kier alpha value is -0.740. The van der Waals surface area contributed by atoms with Crippen molar-refractivity contribution < 1.29 is 9.47 Å². The minimum absolute atomic E-state index is 0.553. The number of rotatable bonds is 8. The Kier molecular flexibility index (Phi) is 7.13. The molecule has 0 aliphatic heterocycles. The first kappa shape index (κ1) is 15.3. The van der Waals surface area contributed by atoms with Crippen molar-refractivity contribution in [3.8, 4) is 11.5 Å². The molecule has 0 saturated heterocycles. The average molecular weight is 316 g/mol. The lowest BCUT2D eigenvalue weighted by atomic mass is 10.1. The zero-order chi connectivity index (χ0) is 13.4. The van der Waals surface area contributed by atoms with E-state index < -0.39 is 0 Å². The van der Waals surface area contributed by atoms with Gasteiger partial charge in [0.2, 0.25) is 0 Å². The lowest BCUT2D eigenvalue weighted by molar-refractivity contribution is 0.354. The Morgan fingerprint density at radius 1 is 1.22 bits per heavy atom. The molecule has 0 saturated carbocycles. The molecule has 1 N–H and O–H groups in total. The van der Waals surface area contributed by atoms with Crippen LogP contribution in [0.4, 0.5) is 0 Å². The molecule has 102 valence electrons. The normalized spacial score (nSPS) is 12.2. The molecule has 1 unspecified atom stereocenters. The highest BCUT2D eigenvalue weighted by molar-refractivity contribution is 9.09. The van der Waals surface area contributed by atoms with Crippen LogP contribution >= 0.6 is 15.9 Å². The van der Waals surface area contributed by atoms with Crippen molar-refractivity contribution in [3.05, 3.63) is 23.8 Å². The van der Waals surface area contributed by atoms with E-state index in [0.717, 1.165) is 36.2 Å². The molecule has 0 heterocycles. The first-order valence-corrected chi connectivity index (χ1v) is 7.37. The van der Waals surface area contributed by atoms with E-state index in [4.69, 9.17) is 9.47 Å². The van der Waals surface area contributed by atoms with Crippen LogP contribution < -0.4 is 14.8 Å². The Balaban J connectivity index is 2.61. The molecule has 1 atom stereocenters. The fourth-order valence-electron chi connectivity index (χ4n) is 1.84. The standard InChI is InChI=1S/C14H22BrNO2/c1-4-12(7-8-15)16-10-11-5-6-13(17-2)14(9-11)18-3/h5-6,9,12,16H,4,7-8,10H2,1-3H3. The van der Waals surface area contributed by atoms with Crippen LogP contribution in [-0.4, -0.2) is 25.6 Å². The van der Waals surface area contributed by atoms with E-state index in [-0.39, 0.29) is 0 Å². The predicted octanol–water partition coefficient (Wildman–Crippen LogP) is 3.36. The van der Waals surface area contributed by atoms with Crippen LogP contribution in [0.25, 0.3) is 0 Å². The number of methoxy groups -OCH3 is 2. The van der Waals surface area contributed by atoms with Gasteiger partial charge in [0.1, 0.15) is 0 Å². The summed E-state index contributed by atoms with van der Waals surface area (Å²) in [7, 11) is 3.31. The van der Waals surface area contributed by atoms with Gasteiger partial charge in [-0.05, 0) is 30.5 Å². The van der Waals surface area contributed by atoms with Gasteiger partial charge in [-0.2, -0.15) is 0 Å². The zero-order valence-electron chi connectivity index (χ0n) is 11.3. The number of halogens is 1. The molecule has 0 aliphatic carbocycles. The lowest BCUT2D eigenvalue weighted by Gasteiger charge is -2.16. The maximum Gasteiger partial charge on any atom is 0.161 e. The van der Waals surface area contributed by atoms with E-state index in [2.05, 4.69) is 34.2 Å². The van der Waals surface area contributed by atoms with Crippen LogP contribution in [0.3, 0.4) is 0 Å². The highest BCUT2D eigenvalue weighted by atomic mass is 79.9. The predicted molar refractivity (Wildman–Crippen MR) is 78.9 cm³/mol. The summed E-state index contributed by atoms with van der Waals surface area (Å²) in [6.45, 7) is 3.06. The van der Waals surface area contributed by atoms with Crippen LogP contribution in [0, 0.1) is 0 Å². The average Bonchev–Trinajstić information content (AvgIpc) is 2.42. The van der Waals surface area contributed by atoms with Crippen molar-refractivity contribution in [2.24, 2.45) is 0 Å². The number of nitrogens with one attached hydrogen (secondary N) is 1. The van der Waals surface area contributed by atoms with Gasteiger partial charge in [-0.15, -0.1) is 0 Å². The summed E-state index contributed by atoms with van der Waals surface area (Å²) in [6.07, 6.45) is 2.28. The van der Waals surface area contributed by atoms with E-state index >= 15 is 0 Å². The third-order valence-corrected chi connectivity index (χ3v) is 3.45. The van der Waals surface area contributed by atoms with E-state index in [9.17, 15) is 0 Å². The van der Waals surface area contributed by atoms with Crippen LogP contribution in [0.15, 0.2) is 18.2 Å². The van der Waals surface area contributed by atoms with E-state index in [1.165, 1.54) is 5.56 Å².